The summed E-state index contributed by atoms with van der Waals surface area (Å²) in [6.45, 7) is 4.67. The Kier molecular flexibility index (Phi) is 5.89. The van der Waals surface area contributed by atoms with Gasteiger partial charge in [0.05, 0.1) is 0 Å². The minimum absolute atomic E-state index is 0.104. The maximum atomic E-state index is 6.47. The molecule has 1 nitrogen and oxygen atoms in total. The van der Waals surface area contributed by atoms with Crippen LogP contribution in [-0.4, -0.2) is 6.71 Å². The maximum Gasteiger partial charge on any atom is 0.243 e. The Morgan fingerprint density at radius 2 is 1.40 bits per heavy atom. The Morgan fingerprint density at radius 1 is 0.643 bits per heavy atom. The highest BCUT2D eigenvalue weighted by molar-refractivity contribution is 6.97. The Labute approximate surface area is 247 Å². The van der Waals surface area contributed by atoms with Gasteiger partial charge in [0.2, 0.25) is 6.71 Å². The van der Waals surface area contributed by atoms with Crippen molar-refractivity contribution in [3.63, 3.8) is 0 Å². The van der Waals surface area contributed by atoms with Crippen LogP contribution in [0.2, 0.25) is 0 Å². The molecule has 6 aromatic carbocycles. The molecule has 0 spiro atoms. The molecule has 7 aromatic rings. The van der Waals surface area contributed by atoms with Gasteiger partial charge in [-0.3, -0.25) is 0 Å². The number of hydrogen-bond donors (Lipinski definition) is 0. The average Bonchev–Trinajstić information content (AvgIpc) is 3.42. The van der Waals surface area contributed by atoms with Crippen LogP contribution >= 0.6 is 0 Å². The number of allylic oxidation sites excluding steroid dienone is 1. The number of furan rings is 1. The van der Waals surface area contributed by atoms with Gasteiger partial charge in [-0.25, -0.2) is 0 Å². The normalized spacial score (nSPS) is 12.7. The highest BCUT2D eigenvalue weighted by Crippen LogP contribution is 2.35. The van der Waals surface area contributed by atoms with Crippen LogP contribution in [-0.2, 0) is 6.42 Å². The van der Waals surface area contributed by atoms with Crippen LogP contribution in [0.5, 0.6) is 0 Å². The monoisotopic (exact) mass is 538 g/mol. The van der Waals surface area contributed by atoms with Gasteiger partial charge in [-0.2, -0.15) is 0 Å². The summed E-state index contributed by atoms with van der Waals surface area (Å²) in [6.07, 6.45) is 6.78. The highest BCUT2D eigenvalue weighted by Gasteiger charge is 2.30. The minimum atomic E-state index is 0.104. The van der Waals surface area contributed by atoms with Crippen LogP contribution < -0.4 is 16.4 Å². The summed E-state index contributed by atoms with van der Waals surface area (Å²) in [5.74, 6) is 0. The van der Waals surface area contributed by atoms with E-state index in [1.807, 2.05) is 6.07 Å². The minimum Gasteiger partial charge on any atom is -0.455 e. The molecule has 0 N–H and O–H groups in total. The molecule has 0 fully saturated rings. The zero-order valence-electron chi connectivity index (χ0n) is 24.0. The van der Waals surface area contributed by atoms with Crippen molar-refractivity contribution in [3.05, 3.63) is 144 Å². The maximum absolute atomic E-state index is 6.47. The lowest BCUT2D eigenvalue weighted by Gasteiger charge is -2.27. The molecular formula is C40H31BO. The second kappa shape index (κ2) is 9.92. The topological polar surface area (TPSA) is 13.1 Å². The molecule has 8 rings (SSSR count). The van der Waals surface area contributed by atoms with Gasteiger partial charge in [0, 0.05) is 16.3 Å². The smallest absolute Gasteiger partial charge is 0.243 e. The Bertz CT molecular complexity index is 2180. The SMILES string of the molecule is Cc1ccc2c(c1B(c1cccc(-c3cccc4c3oc3ccccc34)c1)c1c(C)ccc3ccccc13)CCC=C2. The van der Waals surface area contributed by atoms with E-state index in [1.165, 1.54) is 55.0 Å². The molecule has 1 aromatic heterocycles. The molecule has 0 saturated carbocycles. The molecule has 42 heavy (non-hydrogen) atoms. The molecule has 0 radical (unpaired) electrons. The van der Waals surface area contributed by atoms with Gasteiger partial charge in [-0.15, -0.1) is 0 Å². The van der Waals surface area contributed by atoms with Crippen LogP contribution in [0.1, 0.15) is 28.7 Å². The molecular weight excluding hydrogens is 507 g/mol. The molecule has 0 bridgehead atoms. The molecule has 2 heteroatoms. The zero-order valence-corrected chi connectivity index (χ0v) is 24.0. The van der Waals surface area contributed by atoms with Crippen LogP contribution in [0.15, 0.2) is 126 Å². The van der Waals surface area contributed by atoms with Crippen molar-refractivity contribution in [3.8, 4) is 11.1 Å². The van der Waals surface area contributed by atoms with E-state index in [9.17, 15) is 0 Å². The molecule has 200 valence electrons. The highest BCUT2D eigenvalue weighted by atomic mass is 16.3. The summed E-state index contributed by atoms with van der Waals surface area (Å²) < 4.78 is 6.47. The first kappa shape index (κ1) is 24.9. The van der Waals surface area contributed by atoms with Gasteiger partial charge < -0.3 is 4.42 Å². The van der Waals surface area contributed by atoms with E-state index in [2.05, 4.69) is 135 Å². The number of hydrogen-bond acceptors (Lipinski definition) is 1. The Hall–Kier alpha value is -4.82. The van der Waals surface area contributed by atoms with Crippen molar-refractivity contribution in [1.29, 1.82) is 0 Å². The fraction of sp³-hybridized carbons (Fsp3) is 0.100. The van der Waals surface area contributed by atoms with Crippen molar-refractivity contribution in [2.45, 2.75) is 26.7 Å². The number of para-hydroxylation sites is 2. The third kappa shape index (κ3) is 3.94. The molecule has 1 aliphatic rings. The van der Waals surface area contributed by atoms with E-state index in [-0.39, 0.29) is 6.71 Å². The largest absolute Gasteiger partial charge is 0.455 e. The van der Waals surface area contributed by atoms with Gasteiger partial charge in [0.1, 0.15) is 11.2 Å². The fourth-order valence-electron chi connectivity index (χ4n) is 7.20. The van der Waals surface area contributed by atoms with E-state index in [1.54, 1.807) is 0 Å². The number of fused-ring (bicyclic) bond motifs is 5. The number of aryl methyl sites for hydroxylation is 2. The molecule has 1 aliphatic carbocycles. The van der Waals surface area contributed by atoms with Crippen molar-refractivity contribution < 1.29 is 4.42 Å². The summed E-state index contributed by atoms with van der Waals surface area (Å²) in [4.78, 5) is 0. The van der Waals surface area contributed by atoms with E-state index in [4.69, 9.17) is 4.42 Å². The van der Waals surface area contributed by atoms with E-state index < -0.39 is 0 Å². The summed E-state index contributed by atoms with van der Waals surface area (Å²) in [7, 11) is 0. The lowest BCUT2D eigenvalue weighted by Crippen LogP contribution is -2.55. The van der Waals surface area contributed by atoms with Crippen LogP contribution in [0.25, 0.3) is 49.9 Å². The molecule has 0 aliphatic heterocycles. The fourth-order valence-corrected chi connectivity index (χ4v) is 7.20. The van der Waals surface area contributed by atoms with E-state index in [0.29, 0.717) is 0 Å². The van der Waals surface area contributed by atoms with Gasteiger partial charge >= 0.3 is 0 Å². The molecule has 0 unspecified atom stereocenters. The third-order valence-electron chi connectivity index (χ3n) is 9.17. The van der Waals surface area contributed by atoms with E-state index >= 15 is 0 Å². The van der Waals surface area contributed by atoms with Crippen molar-refractivity contribution in [2.75, 3.05) is 0 Å². The molecule has 1 heterocycles. The van der Waals surface area contributed by atoms with Crippen molar-refractivity contribution >= 4 is 61.9 Å². The zero-order chi connectivity index (χ0) is 28.2. The third-order valence-corrected chi connectivity index (χ3v) is 9.17. The first-order chi connectivity index (χ1) is 20.7. The molecule has 0 saturated heterocycles. The summed E-state index contributed by atoms with van der Waals surface area (Å²) in [6, 6.07) is 42.1. The average molecular weight is 538 g/mol. The van der Waals surface area contributed by atoms with Gasteiger partial charge in [0.25, 0.3) is 0 Å². The molecule has 0 amide bonds. The van der Waals surface area contributed by atoms with Gasteiger partial charge in [-0.05, 0) is 60.2 Å². The Morgan fingerprint density at radius 3 is 2.33 bits per heavy atom. The summed E-state index contributed by atoms with van der Waals surface area (Å²) in [5, 5.41) is 4.94. The summed E-state index contributed by atoms with van der Waals surface area (Å²) >= 11 is 0. The Balaban J connectivity index is 1.41. The first-order valence-corrected chi connectivity index (χ1v) is 14.9. The first-order valence-electron chi connectivity index (χ1n) is 14.9. The standard InChI is InChI=1S/C40H31BO/c1-26-21-23-28-11-3-5-15-32(28)38(26)41(39-27(2)22-24-29-12-4-6-16-33(29)39)31-14-9-13-30(25-31)34-18-10-19-36-35-17-7-8-20-37(35)42-40(34)36/h3-5,7-15,17-25H,6,16H2,1-2H3. The van der Waals surface area contributed by atoms with E-state index in [0.717, 1.165) is 40.3 Å². The quantitative estimate of drug-likeness (QED) is 0.205. The van der Waals surface area contributed by atoms with Crippen LogP contribution in [0.4, 0.5) is 0 Å². The van der Waals surface area contributed by atoms with Crippen molar-refractivity contribution in [1.82, 2.24) is 0 Å². The second-order valence-electron chi connectivity index (χ2n) is 11.7. The second-order valence-corrected chi connectivity index (χ2v) is 11.7. The number of benzene rings is 6. The van der Waals surface area contributed by atoms with Crippen LogP contribution in [0.3, 0.4) is 0 Å². The predicted octanol–water partition coefficient (Wildman–Crippen LogP) is 8.50. The van der Waals surface area contributed by atoms with Gasteiger partial charge in [-0.1, -0.05) is 149 Å². The molecule has 0 atom stereocenters. The lowest BCUT2D eigenvalue weighted by molar-refractivity contribution is 0.670. The predicted molar refractivity (Wildman–Crippen MR) is 181 cm³/mol. The lowest BCUT2D eigenvalue weighted by atomic mass is 9.34. The van der Waals surface area contributed by atoms with Crippen LogP contribution in [0, 0.1) is 13.8 Å². The summed E-state index contributed by atoms with van der Waals surface area (Å²) in [5.41, 5.74) is 13.9. The van der Waals surface area contributed by atoms with Crippen molar-refractivity contribution in [2.24, 2.45) is 0 Å². The number of rotatable bonds is 4. The van der Waals surface area contributed by atoms with Gasteiger partial charge in [0.15, 0.2) is 0 Å².